The van der Waals surface area contributed by atoms with Crippen LogP contribution >= 0.6 is 23.2 Å². The number of rotatable bonds is 3. The van der Waals surface area contributed by atoms with Gasteiger partial charge in [0.1, 0.15) is 0 Å². The minimum atomic E-state index is 0.0572. The molecule has 0 spiro atoms. The fourth-order valence-corrected chi connectivity index (χ4v) is 3.37. The molecular formula is C22H21Cl2NO. The predicted molar refractivity (Wildman–Crippen MR) is 111 cm³/mol. The highest BCUT2D eigenvalue weighted by Gasteiger charge is 2.27. The van der Waals surface area contributed by atoms with Gasteiger partial charge in [0, 0.05) is 40.3 Å². The predicted octanol–water partition coefficient (Wildman–Crippen LogP) is 5.75. The summed E-state index contributed by atoms with van der Waals surface area (Å²) in [4.78, 5) is 15.3. The van der Waals surface area contributed by atoms with Crippen molar-refractivity contribution in [1.29, 1.82) is 0 Å². The van der Waals surface area contributed by atoms with Gasteiger partial charge in [-0.2, -0.15) is 0 Å². The zero-order valence-electron chi connectivity index (χ0n) is 14.9. The molecule has 0 saturated carbocycles. The number of piperidine rings is 1. The number of likely N-dealkylation sites (tertiary alicyclic amines) is 1. The maximum absolute atomic E-state index is 13.1. The molecular weight excluding hydrogens is 365 g/mol. The van der Waals surface area contributed by atoms with E-state index in [4.69, 9.17) is 23.2 Å². The van der Waals surface area contributed by atoms with Crippen LogP contribution in [0, 0.1) is 0 Å². The smallest absolute Gasteiger partial charge is 0.187 e. The lowest BCUT2D eigenvalue weighted by Gasteiger charge is -2.33. The second-order valence-corrected chi connectivity index (χ2v) is 7.52. The van der Waals surface area contributed by atoms with Crippen LogP contribution in [0.25, 0.3) is 12.2 Å². The maximum atomic E-state index is 13.1. The first-order chi connectivity index (χ1) is 12.5. The molecule has 0 N–H and O–H groups in total. The molecule has 0 atom stereocenters. The average Bonchev–Trinajstić information content (AvgIpc) is 2.61. The minimum absolute atomic E-state index is 0.0572. The molecule has 0 bridgehead atoms. The zero-order valence-corrected chi connectivity index (χ0v) is 16.4. The van der Waals surface area contributed by atoms with Gasteiger partial charge in [-0.05, 0) is 49.3 Å². The van der Waals surface area contributed by atoms with E-state index in [1.807, 2.05) is 60.7 Å². The summed E-state index contributed by atoms with van der Waals surface area (Å²) in [6, 6.07) is 15.5. The van der Waals surface area contributed by atoms with Crippen LogP contribution in [0.5, 0.6) is 0 Å². The van der Waals surface area contributed by atoms with Gasteiger partial charge in [0.05, 0.1) is 0 Å². The van der Waals surface area contributed by atoms with Crippen molar-refractivity contribution in [3.63, 3.8) is 0 Å². The topological polar surface area (TPSA) is 20.3 Å². The molecule has 4 heteroatoms. The molecule has 26 heavy (non-hydrogen) atoms. The summed E-state index contributed by atoms with van der Waals surface area (Å²) in [6.45, 7) is 5.50. The molecule has 1 aliphatic rings. The van der Waals surface area contributed by atoms with Crippen LogP contribution in [0.15, 0.2) is 59.7 Å². The third kappa shape index (κ3) is 4.27. The van der Waals surface area contributed by atoms with Gasteiger partial charge in [0.2, 0.25) is 0 Å². The standard InChI is InChI=1S/C22H21Cl2NO/c1-15(2)25-13-18(11-16-7-3-5-9-20(16)23)22(26)19(14-25)12-17-8-4-6-10-21(17)24/h3-12,15H,13-14H2,1-2H3/b18-11+,19-12+. The first-order valence-corrected chi connectivity index (χ1v) is 9.40. The molecule has 1 heterocycles. The monoisotopic (exact) mass is 385 g/mol. The summed E-state index contributed by atoms with van der Waals surface area (Å²) in [7, 11) is 0. The highest BCUT2D eigenvalue weighted by Crippen LogP contribution is 2.27. The molecule has 0 unspecified atom stereocenters. The summed E-state index contributed by atoms with van der Waals surface area (Å²) < 4.78 is 0. The summed E-state index contributed by atoms with van der Waals surface area (Å²) in [5.74, 6) is 0.0572. The molecule has 0 amide bonds. The fourth-order valence-electron chi connectivity index (χ4n) is 2.99. The van der Waals surface area contributed by atoms with Crippen molar-refractivity contribution in [3.8, 4) is 0 Å². The molecule has 1 aliphatic heterocycles. The molecule has 3 rings (SSSR count). The van der Waals surface area contributed by atoms with E-state index in [0.29, 0.717) is 29.2 Å². The van der Waals surface area contributed by atoms with Gasteiger partial charge in [-0.1, -0.05) is 59.6 Å². The highest BCUT2D eigenvalue weighted by molar-refractivity contribution is 6.33. The van der Waals surface area contributed by atoms with Crippen molar-refractivity contribution in [3.05, 3.63) is 80.8 Å². The molecule has 0 aromatic heterocycles. The van der Waals surface area contributed by atoms with Crippen molar-refractivity contribution in [2.24, 2.45) is 0 Å². The van der Waals surface area contributed by atoms with Gasteiger partial charge in [-0.3, -0.25) is 9.69 Å². The number of benzene rings is 2. The van der Waals surface area contributed by atoms with E-state index in [0.717, 1.165) is 22.3 Å². The van der Waals surface area contributed by atoms with Gasteiger partial charge in [0.25, 0.3) is 0 Å². The Kier molecular flexibility index (Phi) is 5.98. The number of hydrogen-bond acceptors (Lipinski definition) is 2. The molecule has 1 saturated heterocycles. The SMILES string of the molecule is CC(C)N1C/C(=C\c2ccccc2Cl)C(=O)/C(=C/c2ccccc2Cl)C1. The van der Waals surface area contributed by atoms with E-state index in [9.17, 15) is 4.79 Å². The third-order valence-corrected chi connectivity index (χ3v) is 5.22. The van der Waals surface area contributed by atoms with Crippen LogP contribution < -0.4 is 0 Å². The molecule has 2 aromatic rings. The number of nitrogens with zero attached hydrogens (tertiary/aromatic N) is 1. The minimum Gasteiger partial charge on any atom is -0.292 e. The Morgan fingerprint density at radius 3 is 1.65 bits per heavy atom. The Bertz CT molecular complexity index is 816. The van der Waals surface area contributed by atoms with Crippen LogP contribution in [-0.2, 0) is 4.79 Å². The highest BCUT2D eigenvalue weighted by atomic mass is 35.5. The summed E-state index contributed by atoms with van der Waals surface area (Å²) in [5.41, 5.74) is 3.22. The number of carbonyl (C=O) groups is 1. The van der Waals surface area contributed by atoms with Gasteiger partial charge < -0.3 is 0 Å². The van der Waals surface area contributed by atoms with Gasteiger partial charge >= 0.3 is 0 Å². The Hall–Kier alpha value is -1.87. The molecule has 1 fully saturated rings. The lowest BCUT2D eigenvalue weighted by molar-refractivity contribution is -0.113. The number of hydrogen-bond donors (Lipinski definition) is 0. The van der Waals surface area contributed by atoms with Crippen molar-refractivity contribution >= 4 is 41.1 Å². The number of carbonyl (C=O) groups excluding carboxylic acids is 1. The lowest BCUT2D eigenvalue weighted by atomic mass is 9.93. The number of ketones is 1. The van der Waals surface area contributed by atoms with Crippen LogP contribution in [0.4, 0.5) is 0 Å². The van der Waals surface area contributed by atoms with E-state index in [1.54, 1.807) is 0 Å². The molecule has 0 radical (unpaired) electrons. The molecule has 2 aromatic carbocycles. The van der Waals surface area contributed by atoms with Crippen LogP contribution in [0.3, 0.4) is 0 Å². The van der Waals surface area contributed by atoms with Crippen LogP contribution in [-0.4, -0.2) is 29.8 Å². The van der Waals surface area contributed by atoms with Gasteiger partial charge in [-0.15, -0.1) is 0 Å². The second kappa shape index (κ2) is 8.22. The lowest BCUT2D eigenvalue weighted by Crippen LogP contribution is -2.41. The van der Waals surface area contributed by atoms with E-state index in [2.05, 4.69) is 18.7 Å². The van der Waals surface area contributed by atoms with E-state index in [-0.39, 0.29) is 5.78 Å². The van der Waals surface area contributed by atoms with E-state index < -0.39 is 0 Å². The largest absolute Gasteiger partial charge is 0.292 e. The summed E-state index contributed by atoms with van der Waals surface area (Å²) in [6.07, 6.45) is 3.80. The first-order valence-electron chi connectivity index (χ1n) is 8.64. The first kappa shape index (κ1) is 18.9. The number of halogens is 2. The van der Waals surface area contributed by atoms with Crippen molar-refractivity contribution in [1.82, 2.24) is 4.90 Å². The normalized spacial score (nSPS) is 18.9. The van der Waals surface area contributed by atoms with Crippen molar-refractivity contribution < 1.29 is 4.79 Å². The molecule has 0 aliphatic carbocycles. The van der Waals surface area contributed by atoms with Gasteiger partial charge in [-0.25, -0.2) is 0 Å². The van der Waals surface area contributed by atoms with Crippen molar-refractivity contribution in [2.75, 3.05) is 13.1 Å². The average molecular weight is 386 g/mol. The molecule has 134 valence electrons. The van der Waals surface area contributed by atoms with Gasteiger partial charge in [0.15, 0.2) is 5.78 Å². The Morgan fingerprint density at radius 1 is 0.846 bits per heavy atom. The Morgan fingerprint density at radius 2 is 1.27 bits per heavy atom. The third-order valence-electron chi connectivity index (χ3n) is 4.53. The molecule has 2 nitrogen and oxygen atoms in total. The Balaban J connectivity index is 2.02. The van der Waals surface area contributed by atoms with Crippen molar-refractivity contribution in [2.45, 2.75) is 19.9 Å². The second-order valence-electron chi connectivity index (χ2n) is 6.71. The quantitative estimate of drug-likeness (QED) is 0.626. The van der Waals surface area contributed by atoms with Crippen LogP contribution in [0.1, 0.15) is 25.0 Å². The fraction of sp³-hybridized carbons (Fsp3) is 0.227. The summed E-state index contributed by atoms with van der Waals surface area (Å²) in [5, 5.41) is 1.29. The zero-order chi connectivity index (χ0) is 18.7. The van der Waals surface area contributed by atoms with E-state index >= 15 is 0 Å². The Labute approximate surface area is 164 Å². The van der Waals surface area contributed by atoms with Crippen LogP contribution in [0.2, 0.25) is 10.0 Å². The maximum Gasteiger partial charge on any atom is 0.187 e. The summed E-state index contributed by atoms with van der Waals surface area (Å²) >= 11 is 12.6. The number of Topliss-reactive ketones (excluding diaryl/α,β-unsaturated/α-hetero) is 1. The van der Waals surface area contributed by atoms with E-state index in [1.165, 1.54) is 0 Å².